The predicted octanol–water partition coefficient (Wildman–Crippen LogP) is 3.07. The van der Waals surface area contributed by atoms with E-state index >= 15 is 0 Å². The second-order valence-corrected chi connectivity index (χ2v) is 5.01. The van der Waals surface area contributed by atoms with Gasteiger partial charge in [-0.2, -0.15) is 13.2 Å². The Balaban J connectivity index is 2.30. The summed E-state index contributed by atoms with van der Waals surface area (Å²) >= 11 is 5.95. The molecule has 19 heavy (non-hydrogen) atoms. The Hall–Kier alpha value is -1.01. The van der Waals surface area contributed by atoms with Gasteiger partial charge in [0, 0.05) is 25.3 Å². The maximum atomic E-state index is 12.6. The number of rotatable bonds is 2. The summed E-state index contributed by atoms with van der Waals surface area (Å²) < 4.78 is 37.7. The molecule has 1 aliphatic heterocycles. The molecule has 3 nitrogen and oxygen atoms in total. The van der Waals surface area contributed by atoms with Crippen molar-refractivity contribution in [3.05, 3.63) is 22.8 Å². The van der Waals surface area contributed by atoms with Gasteiger partial charge in [0.05, 0.1) is 10.6 Å². The number of alkyl halides is 3. The highest BCUT2D eigenvalue weighted by molar-refractivity contribution is 6.33. The van der Waals surface area contributed by atoms with E-state index in [1.165, 1.54) is 0 Å². The maximum Gasteiger partial charge on any atom is 0.417 e. The van der Waals surface area contributed by atoms with Crippen molar-refractivity contribution in [2.75, 3.05) is 18.0 Å². The van der Waals surface area contributed by atoms with Gasteiger partial charge < -0.3 is 10.6 Å². The van der Waals surface area contributed by atoms with E-state index in [0.717, 1.165) is 38.1 Å². The standard InChI is InChI=1S/C12H15ClF3N3/c13-10-5-8(12(14,15)16)7-18-11(10)19-4-2-1-3-9(19)6-17/h5,7,9H,1-4,6,17H2. The molecule has 7 heteroatoms. The highest BCUT2D eigenvalue weighted by Gasteiger charge is 2.32. The van der Waals surface area contributed by atoms with E-state index in [-0.39, 0.29) is 11.1 Å². The summed E-state index contributed by atoms with van der Waals surface area (Å²) in [5.41, 5.74) is 4.86. The van der Waals surface area contributed by atoms with E-state index in [1.54, 1.807) is 0 Å². The number of nitrogens with two attached hydrogens (primary N) is 1. The topological polar surface area (TPSA) is 42.1 Å². The molecule has 0 radical (unpaired) electrons. The lowest BCUT2D eigenvalue weighted by molar-refractivity contribution is -0.137. The summed E-state index contributed by atoms with van der Waals surface area (Å²) in [6.07, 6.45) is -0.657. The van der Waals surface area contributed by atoms with E-state index < -0.39 is 11.7 Å². The highest BCUT2D eigenvalue weighted by Crippen LogP contribution is 2.35. The Morgan fingerprint density at radius 3 is 2.74 bits per heavy atom. The number of pyridine rings is 1. The van der Waals surface area contributed by atoms with Crippen LogP contribution in [0.2, 0.25) is 5.02 Å². The van der Waals surface area contributed by atoms with Crippen molar-refractivity contribution in [3.8, 4) is 0 Å². The van der Waals surface area contributed by atoms with Crippen LogP contribution in [0.15, 0.2) is 12.3 Å². The monoisotopic (exact) mass is 293 g/mol. The molecule has 1 atom stereocenters. The molecule has 1 aromatic rings. The summed E-state index contributed by atoms with van der Waals surface area (Å²) in [7, 11) is 0. The summed E-state index contributed by atoms with van der Waals surface area (Å²) in [5.74, 6) is 0.393. The smallest absolute Gasteiger partial charge is 0.351 e. The van der Waals surface area contributed by atoms with Crippen molar-refractivity contribution >= 4 is 17.4 Å². The van der Waals surface area contributed by atoms with Crippen molar-refractivity contribution in [2.24, 2.45) is 5.73 Å². The molecule has 0 amide bonds. The van der Waals surface area contributed by atoms with Gasteiger partial charge in [-0.25, -0.2) is 4.98 Å². The SMILES string of the molecule is NCC1CCCCN1c1ncc(C(F)(F)F)cc1Cl. The molecule has 2 rings (SSSR count). The third-order valence-corrected chi connectivity index (χ3v) is 3.60. The number of hydrogen-bond acceptors (Lipinski definition) is 3. The lowest BCUT2D eigenvalue weighted by Crippen LogP contribution is -2.44. The summed E-state index contributed by atoms with van der Waals surface area (Å²) in [5, 5.41) is 0.0233. The largest absolute Gasteiger partial charge is 0.417 e. The number of hydrogen-bond donors (Lipinski definition) is 1. The average Bonchev–Trinajstić information content (AvgIpc) is 2.37. The molecule has 1 fully saturated rings. The molecule has 2 N–H and O–H groups in total. The molecule has 0 bridgehead atoms. The second kappa shape index (κ2) is 5.54. The molecule has 1 aliphatic rings. The van der Waals surface area contributed by atoms with E-state index in [4.69, 9.17) is 17.3 Å². The van der Waals surface area contributed by atoms with Crippen LogP contribution in [0.4, 0.5) is 19.0 Å². The number of halogens is 4. The third-order valence-electron chi connectivity index (χ3n) is 3.32. The molecule has 0 spiro atoms. The molecular weight excluding hydrogens is 279 g/mol. The molecule has 0 aliphatic carbocycles. The lowest BCUT2D eigenvalue weighted by atomic mass is 10.0. The Labute approximate surface area is 114 Å². The van der Waals surface area contributed by atoms with Gasteiger partial charge in [0.15, 0.2) is 0 Å². The number of aromatic nitrogens is 1. The molecule has 1 saturated heterocycles. The van der Waals surface area contributed by atoms with Crippen LogP contribution in [0.25, 0.3) is 0 Å². The summed E-state index contributed by atoms with van der Waals surface area (Å²) in [4.78, 5) is 5.79. The Morgan fingerprint density at radius 2 is 2.16 bits per heavy atom. The molecule has 0 saturated carbocycles. The van der Waals surface area contributed by atoms with Crippen LogP contribution in [0.1, 0.15) is 24.8 Å². The fourth-order valence-electron chi connectivity index (χ4n) is 2.32. The first kappa shape index (κ1) is 14.4. The zero-order chi connectivity index (χ0) is 14.0. The first-order valence-corrected chi connectivity index (χ1v) is 6.50. The molecule has 2 heterocycles. The first-order valence-electron chi connectivity index (χ1n) is 6.13. The Morgan fingerprint density at radius 1 is 1.42 bits per heavy atom. The van der Waals surface area contributed by atoms with Crippen LogP contribution < -0.4 is 10.6 Å². The van der Waals surface area contributed by atoms with Crippen molar-refractivity contribution in [3.63, 3.8) is 0 Å². The van der Waals surface area contributed by atoms with Gasteiger partial charge in [0.2, 0.25) is 0 Å². The zero-order valence-corrected chi connectivity index (χ0v) is 11.0. The maximum absolute atomic E-state index is 12.6. The van der Waals surface area contributed by atoms with Gasteiger partial charge in [-0.1, -0.05) is 11.6 Å². The quantitative estimate of drug-likeness (QED) is 0.911. The van der Waals surface area contributed by atoms with Crippen LogP contribution in [-0.4, -0.2) is 24.1 Å². The third kappa shape index (κ3) is 3.12. The van der Waals surface area contributed by atoms with Crippen LogP contribution in [0.5, 0.6) is 0 Å². The minimum Gasteiger partial charge on any atom is -0.351 e. The van der Waals surface area contributed by atoms with Gasteiger partial charge in [-0.3, -0.25) is 0 Å². The first-order chi connectivity index (χ1) is 8.93. The number of anilines is 1. The lowest BCUT2D eigenvalue weighted by Gasteiger charge is -2.36. The van der Waals surface area contributed by atoms with E-state index in [1.807, 2.05) is 4.90 Å². The summed E-state index contributed by atoms with van der Waals surface area (Å²) in [6, 6.07) is 1.02. The van der Waals surface area contributed by atoms with Crippen molar-refractivity contribution < 1.29 is 13.2 Å². The average molecular weight is 294 g/mol. The fourth-order valence-corrected chi connectivity index (χ4v) is 2.60. The van der Waals surface area contributed by atoms with E-state index in [9.17, 15) is 13.2 Å². The zero-order valence-electron chi connectivity index (χ0n) is 10.3. The van der Waals surface area contributed by atoms with Crippen LogP contribution in [0, 0.1) is 0 Å². The second-order valence-electron chi connectivity index (χ2n) is 4.61. The molecule has 106 valence electrons. The van der Waals surface area contributed by atoms with Crippen molar-refractivity contribution in [1.29, 1.82) is 0 Å². The predicted molar refractivity (Wildman–Crippen MR) is 68.3 cm³/mol. The van der Waals surface area contributed by atoms with Gasteiger partial charge in [0.1, 0.15) is 5.82 Å². The van der Waals surface area contributed by atoms with Crippen molar-refractivity contribution in [1.82, 2.24) is 4.98 Å². The van der Waals surface area contributed by atoms with Gasteiger partial charge in [-0.15, -0.1) is 0 Å². The van der Waals surface area contributed by atoms with Crippen LogP contribution in [0.3, 0.4) is 0 Å². The minimum atomic E-state index is -4.43. The number of nitrogens with zero attached hydrogens (tertiary/aromatic N) is 2. The van der Waals surface area contributed by atoms with E-state index in [0.29, 0.717) is 12.4 Å². The van der Waals surface area contributed by atoms with Gasteiger partial charge in [0.25, 0.3) is 0 Å². The minimum absolute atomic E-state index is 0.0233. The normalized spacial score (nSPS) is 20.7. The Bertz CT molecular complexity index is 450. The fraction of sp³-hybridized carbons (Fsp3) is 0.583. The molecular formula is C12H15ClF3N3. The highest BCUT2D eigenvalue weighted by atomic mass is 35.5. The van der Waals surface area contributed by atoms with Crippen LogP contribution >= 0.6 is 11.6 Å². The van der Waals surface area contributed by atoms with Crippen LogP contribution in [-0.2, 0) is 6.18 Å². The number of piperidine rings is 1. The van der Waals surface area contributed by atoms with Gasteiger partial charge in [-0.05, 0) is 25.3 Å². The Kier molecular flexibility index (Phi) is 4.20. The molecule has 0 aromatic carbocycles. The molecule has 1 unspecified atom stereocenters. The summed E-state index contributed by atoms with van der Waals surface area (Å²) in [6.45, 7) is 1.17. The van der Waals surface area contributed by atoms with Crippen molar-refractivity contribution in [2.45, 2.75) is 31.5 Å². The molecule has 1 aromatic heterocycles. The van der Waals surface area contributed by atoms with E-state index in [2.05, 4.69) is 4.98 Å². The van der Waals surface area contributed by atoms with Gasteiger partial charge >= 0.3 is 6.18 Å².